The van der Waals surface area contributed by atoms with Crippen LogP contribution in [0, 0.1) is 5.92 Å². The van der Waals surface area contributed by atoms with Crippen molar-refractivity contribution in [3.63, 3.8) is 0 Å². The van der Waals surface area contributed by atoms with Crippen LogP contribution in [0.1, 0.15) is 34.6 Å². The van der Waals surface area contributed by atoms with Crippen molar-refractivity contribution >= 4 is 11.8 Å². The molecule has 0 fully saturated rings. The second kappa shape index (κ2) is 7.58. The highest BCUT2D eigenvalue weighted by Crippen LogP contribution is 1.94. The van der Waals surface area contributed by atoms with Gasteiger partial charge in [-0.1, -0.05) is 13.8 Å². The third-order valence-corrected chi connectivity index (χ3v) is 0.999. The van der Waals surface area contributed by atoms with Gasteiger partial charge in [0.1, 0.15) is 0 Å². The number of carboxylic acids is 1. The summed E-state index contributed by atoms with van der Waals surface area (Å²) in [5, 5.41) is 7.42. The van der Waals surface area contributed by atoms with Gasteiger partial charge in [-0.2, -0.15) is 0 Å². The third kappa shape index (κ3) is 18.2. The fraction of sp³-hybridized carbons (Fsp3) is 0.778. The maximum Gasteiger partial charge on any atom is 0.300 e. The molecule has 0 aromatic carbocycles. The van der Waals surface area contributed by atoms with Crippen LogP contribution in [0.5, 0.6) is 0 Å². The van der Waals surface area contributed by atoms with E-state index in [4.69, 9.17) is 15.6 Å². The second-order valence-electron chi connectivity index (χ2n) is 3.32. The minimum atomic E-state index is -0.833. The van der Waals surface area contributed by atoms with Gasteiger partial charge in [-0.25, -0.2) is 0 Å². The smallest absolute Gasteiger partial charge is 0.300 e. The van der Waals surface area contributed by atoms with Crippen molar-refractivity contribution in [3.8, 4) is 0 Å². The highest BCUT2D eigenvalue weighted by molar-refractivity contribution is 5.82. The number of hydrogen-bond acceptors (Lipinski definition) is 2. The summed E-state index contributed by atoms with van der Waals surface area (Å²) < 4.78 is 0. The maximum atomic E-state index is 9.00. The molecule has 4 nitrogen and oxygen atoms in total. The summed E-state index contributed by atoms with van der Waals surface area (Å²) in [6.45, 7) is 9.22. The van der Waals surface area contributed by atoms with Crippen molar-refractivity contribution in [3.05, 3.63) is 0 Å². The Hall–Kier alpha value is -1.06. The molecule has 0 aromatic heterocycles. The Morgan fingerprint density at radius 3 is 1.69 bits per heavy atom. The van der Waals surface area contributed by atoms with Crippen LogP contribution in [0.15, 0.2) is 4.99 Å². The Kier molecular flexibility index (Phi) is 8.44. The zero-order valence-corrected chi connectivity index (χ0v) is 9.03. The van der Waals surface area contributed by atoms with Gasteiger partial charge in [-0.15, -0.1) is 0 Å². The summed E-state index contributed by atoms with van der Waals surface area (Å²) in [6.07, 6.45) is 0. The second-order valence-corrected chi connectivity index (χ2v) is 3.32. The molecule has 4 heteroatoms. The number of carboxylic acid groups (broad SMARTS) is 1. The van der Waals surface area contributed by atoms with Crippen LogP contribution >= 0.6 is 0 Å². The number of nitrogens with two attached hydrogens (primary N) is 1. The van der Waals surface area contributed by atoms with E-state index in [9.17, 15) is 0 Å². The molecule has 3 N–H and O–H groups in total. The lowest BCUT2D eigenvalue weighted by molar-refractivity contribution is -0.134. The van der Waals surface area contributed by atoms with Gasteiger partial charge in [0.25, 0.3) is 5.97 Å². The highest BCUT2D eigenvalue weighted by Gasteiger charge is 1.98. The Bertz CT molecular complexity index is 170. The quantitative estimate of drug-likeness (QED) is 0.509. The lowest BCUT2D eigenvalue weighted by atomic mass is 10.2. The predicted molar refractivity (Wildman–Crippen MR) is 54.9 cm³/mol. The average Bonchev–Trinajstić information content (AvgIpc) is 1.83. The van der Waals surface area contributed by atoms with Gasteiger partial charge in [0.15, 0.2) is 0 Å². The van der Waals surface area contributed by atoms with Crippen molar-refractivity contribution < 1.29 is 9.90 Å². The largest absolute Gasteiger partial charge is 0.481 e. The normalized spacial score (nSPS) is 11.2. The van der Waals surface area contributed by atoms with E-state index >= 15 is 0 Å². The SMILES string of the molecule is CC(=O)O.CC(C)N=C(N)C(C)C. The van der Waals surface area contributed by atoms with Crippen LogP contribution in [-0.4, -0.2) is 23.0 Å². The minimum Gasteiger partial charge on any atom is -0.481 e. The minimum absolute atomic E-state index is 0.326. The van der Waals surface area contributed by atoms with Crippen molar-refractivity contribution in [2.24, 2.45) is 16.6 Å². The summed E-state index contributed by atoms with van der Waals surface area (Å²) in [5.41, 5.74) is 5.57. The van der Waals surface area contributed by atoms with Gasteiger partial charge in [-0.05, 0) is 13.8 Å². The average molecular weight is 188 g/mol. The molecule has 0 aliphatic rings. The van der Waals surface area contributed by atoms with Crippen LogP contribution < -0.4 is 5.73 Å². The number of amidine groups is 1. The molecule has 0 radical (unpaired) electrons. The van der Waals surface area contributed by atoms with Crippen molar-refractivity contribution in [1.29, 1.82) is 0 Å². The van der Waals surface area contributed by atoms with Gasteiger partial charge in [0.05, 0.1) is 5.84 Å². The van der Waals surface area contributed by atoms with Crippen molar-refractivity contribution in [2.75, 3.05) is 0 Å². The fourth-order valence-electron chi connectivity index (χ4n) is 0.447. The molecular weight excluding hydrogens is 168 g/mol. The molecule has 13 heavy (non-hydrogen) atoms. The van der Waals surface area contributed by atoms with Gasteiger partial charge in [0, 0.05) is 18.9 Å². The zero-order chi connectivity index (χ0) is 11.0. The van der Waals surface area contributed by atoms with Crippen molar-refractivity contribution in [2.45, 2.75) is 40.7 Å². The Morgan fingerprint density at radius 1 is 1.31 bits per heavy atom. The molecule has 0 saturated carbocycles. The molecular formula is C9H20N2O2. The Balaban J connectivity index is 0. The molecule has 78 valence electrons. The van der Waals surface area contributed by atoms with E-state index in [0.717, 1.165) is 12.8 Å². The first-order chi connectivity index (χ1) is 5.77. The van der Waals surface area contributed by atoms with Crippen LogP contribution in [0.2, 0.25) is 0 Å². The van der Waals surface area contributed by atoms with E-state index in [1.54, 1.807) is 0 Å². The summed E-state index contributed by atoms with van der Waals surface area (Å²) in [4.78, 5) is 13.2. The molecule has 0 unspecified atom stereocenters. The van der Waals surface area contributed by atoms with Gasteiger partial charge < -0.3 is 10.8 Å². The van der Waals surface area contributed by atoms with Gasteiger partial charge in [0.2, 0.25) is 0 Å². The molecule has 0 aromatic rings. The topological polar surface area (TPSA) is 75.7 Å². The van der Waals surface area contributed by atoms with E-state index in [1.807, 2.05) is 27.7 Å². The monoisotopic (exact) mass is 188 g/mol. The Labute approximate surface area is 79.9 Å². The molecule has 0 atom stereocenters. The molecule has 0 spiro atoms. The van der Waals surface area contributed by atoms with E-state index in [-0.39, 0.29) is 0 Å². The molecule has 0 bridgehead atoms. The predicted octanol–water partition coefficient (Wildman–Crippen LogP) is 1.50. The summed E-state index contributed by atoms with van der Waals surface area (Å²) >= 11 is 0. The standard InChI is InChI=1S/C7H16N2.C2H4O2/c1-5(2)7(8)9-6(3)4;1-2(3)4/h5-6H,1-4H3,(H2,8,9);1H3,(H,3,4). The highest BCUT2D eigenvalue weighted by atomic mass is 16.4. The number of carbonyl (C=O) groups is 1. The first-order valence-corrected chi connectivity index (χ1v) is 4.30. The molecule has 0 amide bonds. The number of nitrogens with zero attached hydrogens (tertiary/aromatic N) is 1. The summed E-state index contributed by atoms with van der Waals surface area (Å²) in [7, 11) is 0. The van der Waals surface area contributed by atoms with Crippen LogP contribution in [0.3, 0.4) is 0 Å². The van der Waals surface area contributed by atoms with Gasteiger partial charge >= 0.3 is 0 Å². The maximum absolute atomic E-state index is 9.00. The van der Waals surface area contributed by atoms with Crippen LogP contribution in [0.25, 0.3) is 0 Å². The fourth-order valence-corrected chi connectivity index (χ4v) is 0.447. The number of rotatable bonds is 2. The lowest BCUT2D eigenvalue weighted by Gasteiger charge is -2.04. The van der Waals surface area contributed by atoms with Crippen LogP contribution in [0.4, 0.5) is 0 Å². The van der Waals surface area contributed by atoms with E-state index in [0.29, 0.717) is 12.0 Å². The zero-order valence-electron chi connectivity index (χ0n) is 9.03. The molecule has 0 aliphatic heterocycles. The Morgan fingerprint density at radius 2 is 1.62 bits per heavy atom. The number of aliphatic imine (C=N–C) groups is 1. The third-order valence-electron chi connectivity index (χ3n) is 0.999. The van der Waals surface area contributed by atoms with E-state index in [2.05, 4.69) is 4.99 Å². The van der Waals surface area contributed by atoms with Crippen LogP contribution in [-0.2, 0) is 4.79 Å². The van der Waals surface area contributed by atoms with Gasteiger partial charge in [-0.3, -0.25) is 9.79 Å². The molecule has 0 heterocycles. The summed E-state index contributed by atoms with van der Waals surface area (Å²) in [6, 6.07) is 0.326. The lowest BCUT2D eigenvalue weighted by Crippen LogP contribution is -2.20. The number of aliphatic carboxylic acids is 1. The molecule has 0 saturated heterocycles. The molecule has 0 aliphatic carbocycles. The molecule has 0 rings (SSSR count). The van der Waals surface area contributed by atoms with E-state index in [1.165, 1.54) is 0 Å². The first-order valence-electron chi connectivity index (χ1n) is 4.30. The summed E-state index contributed by atoms with van der Waals surface area (Å²) in [5.74, 6) is 0.303. The van der Waals surface area contributed by atoms with Crippen molar-refractivity contribution in [1.82, 2.24) is 0 Å². The number of hydrogen-bond donors (Lipinski definition) is 2. The van der Waals surface area contributed by atoms with E-state index < -0.39 is 5.97 Å². The first kappa shape index (κ1) is 14.5.